The summed E-state index contributed by atoms with van der Waals surface area (Å²) in [6.45, 7) is 0. The number of rotatable bonds is 7. The first-order chi connectivity index (χ1) is 41.7. The lowest BCUT2D eigenvalue weighted by Gasteiger charge is -2.25. The van der Waals surface area contributed by atoms with Crippen LogP contribution in [0.1, 0.15) is 0 Å². The highest BCUT2D eigenvalue weighted by Crippen LogP contribution is 2.55. The van der Waals surface area contributed by atoms with Gasteiger partial charge < -0.3 is 0 Å². The molecular weight excluding hydrogens is 1010 g/mol. The van der Waals surface area contributed by atoms with Crippen molar-refractivity contribution in [3.8, 4) is 77.9 Å². The topological polar surface area (TPSA) is 0 Å². The molecule has 0 aliphatic heterocycles. The molecule has 0 heteroatoms. The van der Waals surface area contributed by atoms with E-state index in [0.29, 0.717) is 0 Å². The van der Waals surface area contributed by atoms with Crippen molar-refractivity contribution in [2.45, 2.75) is 0 Å². The van der Waals surface area contributed by atoms with Crippen molar-refractivity contribution in [2.75, 3.05) is 0 Å². The second-order valence-corrected chi connectivity index (χ2v) is 22.4. The van der Waals surface area contributed by atoms with Gasteiger partial charge in [-0.1, -0.05) is 303 Å². The van der Waals surface area contributed by atoms with Crippen LogP contribution in [0, 0.1) is 0 Å². The Balaban J connectivity index is 0.942. The van der Waals surface area contributed by atoms with Crippen LogP contribution in [0.3, 0.4) is 0 Å². The molecule has 0 heterocycles. The average Bonchev–Trinajstić information content (AvgIpc) is 1.16. The monoisotopic (exact) mass is 1060 g/mol. The Labute approximate surface area is 487 Å². The lowest BCUT2D eigenvalue weighted by atomic mass is 9.78. The molecule has 0 N–H and O–H groups in total. The van der Waals surface area contributed by atoms with E-state index in [-0.39, 0.29) is 0 Å². The van der Waals surface area contributed by atoms with Crippen LogP contribution in [-0.2, 0) is 0 Å². The molecule has 0 unspecified atom stereocenters. The molecule has 17 rings (SSSR count). The smallest absolute Gasteiger partial charge is 0.00139 e. The second kappa shape index (κ2) is 19.4. The minimum atomic E-state index is 1.21. The van der Waals surface area contributed by atoms with E-state index in [4.69, 9.17) is 0 Å². The molecule has 0 fully saturated rings. The Hall–Kier alpha value is -10.9. The van der Waals surface area contributed by atoms with Crippen molar-refractivity contribution in [2.24, 2.45) is 0 Å². The maximum Gasteiger partial charge on any atom is -0.00139 e. The SMILES string of the molecule is c1ccc(-c2ccc(-c3c4ccccc4c(-c4c5ccccc5c(-c5c6ccccc6c(-c6c7ccccc7c(-c7cc8ccccc8cc7-c7ccccc7)c7ccccc67)c6ccccc56)c5ccccc45)c4ccccc34)cc2)cc1. The number of benzene rings is 17. The highest BCUT2D eigenvalue weighted by molar-refractivity contribution is 6.35. The fraction of sp³-hybridized carbons (Fsp3) is 0. The van der Waals surface area contributed by atoms with Crippen LogP contribution in [0.4, 0.5) is 0 Å². The highest BCUT2D eigenvalue weighted by atomic mass is 14.3. The standard InChI is InChI=1S/C84H52/c1-3-25-53(26-4-1)54-47-49-56(50-48-54)77-59-31-9-13-35-63(59)79(64-36-14-10-32-60(64)77)81-67-39-17-21-43-71(67)83(72-44-22-18-40-68(72)81)84-73-45-23-19-41-69(73)82(70-42-20-24-46-74(70)84)80-65-37-15-11-33-61(65)78(62-34-12-16-38-66(62)80)76-52-58-30-8-7-29-57(58)51-75(76)55-27-5-2-6-28-55/h1-52H. The highest BCUT2D eigenvalue weighted by Gasteiger charge is 2.27. The van der Waals surface area contributed by atoms with Crippen molar-refractivity contribution < 1.29 is 0 Å². The molecule has 17 aromatic carbocycles. The van der Waals surface area contributed by atoms with Crippen LogP contribution in [0.5, 0.6) is 0 Å². The summed E-state index contributed by atoms with van der Waals surface area (Å²) in [4.78, 5) is 0. The van der Waals surface area contributed by atoms with Gasteiger partial charge in [-0.3, -0.25) is 0 Å². The predicted octanol–water partition coefficient (Wildman–Crippen LogP) is 23.7. The summed E-state index contributed by atoms with van der Waals surface area (Å²) in [5.41, 5.74) is 17.4. The van der Waals surface area contributed by atoms with Gasteiger partial charge in [0, 0.05) is 0 Å². The number of hydrogen-bond donors (Lipinski definition) is 0. The minimum Gasteiger partial charge on any atom is -0.0622 e. The summed E-state index contributed by atoms with van der Waals surface area (Å²) >= 11 is 0. The summed E-state index contributed by atoms with van der Waals surface area (Å²) in [5.74, 6) is 0. The first-order valence-corrected chi connectivity index (χ1v) is 29.2. The van der Waals surface area contributed by atoms with Gasteiger partial charge in [0.1, 0.15) is 0 Å². The molecule has 0 nitrogen and oxygen atoms in total. The van der Waals surface area contributed by atoms with Crippen molar-refractivity contribution in [1.29, 1.82) is 0 Å². The van der Waals surface area contributed by atoms with Crippen molar-refractivity contribution >= 4 is 97.0 Å². The third-order valence-corrected chi connectivity index (χ3v) is 18.0. The first kappa shape index (κ1) is 47.8. The molecule has 0 bridgehead atoms. The zero-order valence-electron chi connectivity index (χ0n) is 46.0. The van der Waals surface area contributed by atoms with E-state index in [1.807, 2.05) is 0 Å². The molecule has 0 aromatic heterocycles. The molecule has 388 valence electrons. The van der Waals surface area contributed by atoms with Crippen LogP contribution < -0.4 is 0 Å². The lowest BCUT2D eigenvalue weighted by molar-refractivity contribution is 1.61. The summed E-state index contributed by atoms with van der Waals surface area (Å²) in [7, 11) is 0. The first-order valence-electron chi connectivity index (χ1n) is 29.2. The molecule has 0 amide bonds. The Morgan fingerprint density at radius 3 is 0.619 bits per heavy atom. The molecule has 0 aliphatic carbocycles. The van der Waals surface area contributed by atoms with E-state index in [0.717, 1.165) is 0 Å². The molecule has 17 aromatic rings. The molecular formula is C84H52. The Morgan fingerprint density at radius 2 is 0.321 bits per heavy atom. The lowest BCUT2D eigenvalue weighted by Crippen LogP contribution is -1.97. The summed E-state index contributed by atoms with van der Waals surface area (Å²) in [6, 6.07) is 118. The molecule has 0 saturated carbocycles. The van der Waals surface area contributed by atoms with E-state index in [1.54, 1.807) is 0 Å². The zero-order valence-corrected chi connectivity index (χ0v) is 46.0. The Bertz CT molecular complexity index is 5290. The van der Waals surface area contributed by atoms with Crippen LogP contribution in [0.25, 0.3) is 175 Å². The van der Waals surface area contributed by atoms with Crippen LogP contribution >= 0.6 is 0 Å². The van der Waals surface area contributed by atoms with Gasteiger partial charge in [-0.25, -0.2) is 0 Å². The Kier molecular flexibility index (Phi) is 11.0. The minimum absolute atomic E-state index is 1.21. The van der Waals surface area contributed by atoms with Crippen molar-refractivity contribution in [1.82, 2.24) is 0 Å². The maximum atomic E-state index is 2.43. The van der Waals surface area contributed by atoms with E-state index < -0.39 is 0 Å². The zero-order chi connectivity index (χ0) is 55.2. The Morgan fingerprint density at radius 1 is 0.119 bits per heavy atom. The third kappa shape index (κ3) is 7.34. The molecule has 0 saturated heterocycles. The van der Waals surface area contributed by atoms with Gasteiger partial charge in [0.05, 0.1) is 0 Å². The molecule has 0 radical (unpaired) electrons. The normalized spacial score (nSPS) is 11.8. The largest absolute Gasteiger partial charge is 0.0622 e. The van der Waals surface area contributed by atoms with Gasteiger partial charge in [0.15, 0.2) is 0 Å². The summed E-state index contributed by atoms with van der Waals surface area (Å²) in [5, 5.41) is 22.2. The van der Waals surface area contributed by atoms with E-state index in [9.17, 15) is 0 Å². The fourth-order valence-corrected chi connectivity index (χ4v) is 14.5. The fourth-order valence-electron chi connectivity index (χ4n) is 14.5. The van der Waals surface area contributed by atoms with Crippen molar-refractivity contribution in [3.63, 3.8) is 0 Å². The van der Waals surface area contributed by atoms with E-state index in [2.05, 4.69) is 315 Å². The van der Waals surface area contributed by atoms with Gasteiger partial charge >= 0.3 is 0 Å². The predicted molar refractivity (Wildman–Crippen MR) is 362 cm³/mol. The van der Waals surface area contributed by atoms with Gasteiger partial charge in [-0.15, -0.1) is 0 Å². The summed E-state index contributed by atoms with van der Waals surface area (Å²) < 4.78 is 0. The van der Waals surface area contributed by atoms with Gasteiger partial charge in [0.25, 0.3) is 0 Å². The van der Waals surface area contributed by atoms with Gasteiger partial charge in [-0.2, -0.15) is 0 Å². The number of hydrogen-bond acceptors (Lipinski definition) is 0. The van der Waals surface area contributed by atoms with Gasteiger partial charge in [-0.05, 0) is 187 Å². The average molecular weight is 1060 g/mol. The van der Waals surface area contributed by atoms with Crippen LogP contribution in [-0.4, -0.2) is 0 Å². The molecule has 0 spiro atoms. The molecule has 84 heavy (non-hydrogen) atoms. The van der Waals surface area contributed by atoms with Crippen LogP contribution in [0.15, 0.2) is 315 Å². The molecule has 0 aliphatic rings. The van der Waals surface area contributed by atoms with Crippen molar-refractivity contribution in [3.05, 3.63) is 315 Å². The number of fused-ring (bicyclic) bond motifs is 9. The van der Waals surface area contributed by atoms with E-state index in [1.165, 1.54) is 175 Å². The maximum absolute atomic E-state index is 2.43. The van der Waals surface area contributed by atoms with Gasteiger partial charge in [0.2, 0.25) is 0 Å². The second-order valence-electron chi connectivity index (χ2n) is 22.4. The summed E-state index contributed by atoms with van der Waals surface area (Å²) in [6.07, 6.45) is 0. The molecule has 0 atom stereocenters. The van der Waals surface area contributed by atoms with E-state index >= 15 is 0 Å². The quantitative estimate of drug-likeness (QED) is 0.140. The third-order valence-electron chi connectivity index (χ3n) is 18.0. The van der Waals surface area contributed by atoms with Crippen LogP contribution in [0.2, 0.25) is 0 Å².